The quantitative estimate of drug-likeness (QED) is 0.245. The molecule has 0 spiro atoms. The molecule has 0 fully saturated rings. The zero-order valence-electron chi connectivity index (χ0n) is 15.1. The molecular formula is C23H16ClNO3. The Kier molecular flexibility index (Phi) is 6.11. The topological polar surface area (TPSA) is 59.3 Å². The maximum absolute atomic E-state index is 12.2. The fraction of sp³-hybridized carbons (Fsp3) is 0.0435. The molecule has 4 nitrogen and oxygen atoms in total. The molecule has 0 aliphatic carbocycles. The highest BCUT2D eigenvalue weighted by molar-refractivity contribution is 6.30. The van der Waals surface area contributed by atoms with Crippen LogP contribution >= 0.6 is 11.6 Å². The van der Waals surface area contributed by atoms with E-state index >= 15 is 0 Å². The Morgan fingerprint density at radius 3 is 2.04 bits per heavy atom. The summed E-state index contributed by atoms with van der Waals surface area (Å²) in [6, 6.07) is 22.9. The van der Waals surface area contributed by atoms with Gasteiger partial charge in [-0.05, 0) is 65.7 Å². The number of nitriles is 1. The first-order chi connectivity index (χ1) is 13.6. The molecule has 0 unspecified atom stereocenters. The largest absolute Gasteiger partial charge is 0.497 e. The SMILES string of the molecule is COc1ccc(C(=O)Oc2ccc(/C=C(/C#N)c3ccc(Cl)cc3)cc2)cc1. The van der Waals surface area contributed by atoms with Gasteiger partial charge in [-0.1, -0.05) is 35.9 Å². The number of nitrogens with zero attached hydrogens (tertiary/aromatic N) is 1. The zero-order valence-corrected chi connectivity index (χ0v) is 15.8. The van der Waals surface area contributed by atoms with Crippen molar-refractivity contribution >= 4 is 29.2 Å². The van der Waals surface area contributed by atoms with Crippen molar-refractivity contribution in [1.29, 1.82) is 5.26 Å². The van der Waals surface area contributed by atoms with Gasteiger partial charge < -0.3 is 9.47 Å². The number of halogens is 1. The third kappa shape index (κ3) is 4.79. The van der Waals surface area contributed by atoms with Crippen LogP contribution < -0.4 is 9.47 Å². The summed E-state index contributed by atoms with van der Waals surface area (Å²) in [5.74, 6) is 0.634. The first-order valence-electron chi connectivity index (χ1n) is 8.43. The molecule has 0 aliphatic heterocycles. The van der Waals surface area contributed by atoms with E-state index in [2.05, 4.69) is 6.07 Å². The Morgan fingerprint density at radius 2 is 1.46 bits per heavy atom. The van der Waals surface area contributed by atoms with E-state index < -0.39 is 5.97 Å². The lowest BCUT2D eigenvalue weighted by Crippen LogP contribution is -2.08. The van der Waals surface area contributed by atoms with Gasteiger partial charge in [0.1, 0.15) is 11.5 Å². The minimum absolute atomic E-state index is 0.419. The van der Waals surface area contributed by atoms with Crippen molar-refractivity contribution in [3.63, 3.8) is 0 Å². The van der Waals surface area contributed by atoms with E-state index in [0.29, 0.717) is 27.7 Å². The molecule has 0 aromatic heterocycles. The van der Waals surface area contributed by atoms with Gasteiger partial charge in [0, 0.05) is 5.02 Å². The summed E-state index contributed by atoms with van der Waals surface area (Å²) in [7, 11) is 1.56. The molecule has 0 bridgehead atoms. The van der Waals surface area contributed by atoms with E-state index in [9.17, 15) is 10.1 Å². The van der Waals surface area contributed by atoms with Crippen LogP contribution in [-0.2, 0) is 0 Å². The van der Waals surface area contributed by atoms with Crippen molar-refractivity contribution < 1.29 is 14.3 Å². The van der Waals surface area contributed by atoms with E-state index in [-0.39, 0.29) is 0 Å². The Hall–Kier alpha value is -3.55. The molecule has 138 valence electrons. The van der Waals surface area contributed by atoms with Crippen LogP contribution in [0.15, 0.2) is 72.8 Å². The number of benzene rings is 3. The van der Waals surface area contributed by atoms with Crippen LogP contribution in [0.5, 0.6) is 11.5 Å². The van der Waals surface area contributed by atoms with Crippen LogP contribution in [0.25, 0.3) is 11.6 Å². The second kappa shape index (κ2) is 8.90. The number of allylic oxidation sites excluding steroid dienone is 1. The van der Waals surface area contributed by atoms with E-state index in [1.165, 1.54) is 0 Å². The average Bonchev–Trinajstić information content (AvgIpc) is 2.74. The van der Waals surface area contributed by atoms with E-state index in [4.69, 9.17) is 21.1 Å². The molecule has 0 saturated heterocycles. The highest BCUT2D eigenvalue weighted by Gasteiger charge is 2.09. The molecule has 0 radical (unpaired) electrons. The molecule has 0 saturated carbocycles. The van der Waals surface area contributed by atoms with Crippen molar-refractivity contribution in [2.24, 2.45) is 0 Å². The number of hydrogen-bond donors (Lipinski definition) is 0. The summed E-state index contributed by atoms with van der Waals surface area (Å²) in [5, 5.41) is 10.0. The minimum Gasteiger partial charge on any atom is -0.497 e. The Morgan fingerprint density at radius 1 is 0.893 bits per heavy atom. The molecule has 0 heterocycles. The number of carbonyl (C=O) groups is 1. The number of ether oxygens (including phenoxy) is 2. The van der Waals surface area contributed by atoms with Gasteiger partial charge in [-0.15, -0.1) is 0 Å². The van der Waals surface area contributed by atoms with Crippen LogP contribution in [-0.4, -0.2) is 13.1 Å². The third-order valence-electron chi connectivity index (χ3n) is 4.00. The van der Waals surface area contributed by atoms with Crippen molar-refractivity contribution in [2.45, 2.75) is 0 Å². The Labute approximate surface area is 168 Å². The molecule has 28 heavy (non-hydrogen) atoms. The molecule has 0 atom stereocenters. The zero-order chi connectivity index (χ0) is 19.9. The fourth-order valence-electron chi connectivity index (χ4n) is 2.50. The highest BCUT2D eigenvalue weighted by atomic mass is 35.5. The summed E-state index contributed by atoms with van der Waals surface area (Å²) < 4.78 is 10.4. The number of hydrogen-bond acceptors (Lipinski definition) is 4. The molecule has 0 amide bonds. The molecule has 3 aromatic rings. The van der Waals surface area contributed by atoms with Gasteiger partial charge in [0.25, 0.3) is 0 Å². The van der Waals surface area contributed by atoms with Gasteiger partial charge >= 0.3 is 5.97 Å². The summed E-state index contributed by atoms with van der Waals surface area (Å²) in [4.78, 5) is 12.2. The maximum atomic E-state index is 12.2. The predicted octanol–water partition coefficient (Wildman–Crippen LogP) is 5.63. The third-order valence-corrected chi connectivity index (χ3v) is 4.26. The van der Waals surface area contributed by atoms with Crippen LogP contribution in [0.4, 0.5) is 0 Å². The second-order valence-corrected chi connectivity index (χ2v) is 6.30. The number of carbonyl (C=O) groups excluding carboxylic acids is 1. The lowest BCUT2D eigenvalue weighted by Gasteiger charge is -2.06. The van der Waals surface area contributed by atoms with Crippen molar-refractivity contribution in [2.75, 3.05) is 7.11 Å². The summed E-state index contributed by atoms with van der Waals surface area (Å²) in [5.41, 5.74) is 2.54. The standard InChI is InChI=1S/C23H16ClNO3/c1-27-21-12-6-18(7-13-21)23(26)28-22-10-2-16(3-11-22)14-19(15-25)17-4-8-20(24)9-5-17/h2-14H,1H3/b19-14-. The normalized spacial score (nSPS) is 10.8. The van der Waals surface area contributed by atoms with Crippen LogP contribution in [0.1, 0.15) is 21.5 Å². The number of methoxy groups -OCH3 is 1. The summed E-state index contributed by atoms with van der Waals surface area (Å²) in [6.45, 7) is 0. The molecular weight excluding hydrogens is 374 g/mol. The van der Waals surface area contributed by atoms with Crippen molar-refractivity contribution in [3.05, 3.63) is 94.5 Å². The molecule has 3 rings (SSSR count). The first kappa shape index (κ1) is 19.2. The van der Waals surface area contributed by atoms with Gasteiger partial charge in [-0.2, -0.15) is 5.26 Å². The molecule has 0 N–H and O–H groups in total. The maximum Gasteiger partial charge on any atom is 0.343 e. The first-order valence-corrected chi connectivity index (χ1v) is 8.81. The lowest BCUT2D eigenvalue weighted by molar-refractivity contribution is 0.0734. The van der Waals surface area contributed by atoms with Crippen LogP contribution in [0.2, 0.25) is 5.02 Å². The van der Waals surface area contributed by atoms with E-state index in [0.717, 1.165) is 11.1 Å². The van der Waals surface area contributed by atoms with Gasteiger partial charge in [-0.3, -0.25) is 0 Å². The number of rotatable bonds is 5. The fourth-order valence-corrected chi connectivity index (χ4v) is 2.63. The average molecular weight is 390 g/mol. The van der Waals surface area contributed by atoms with Gasteiger partial charge in [0.15, 0.2) is 0 Å². The van der Waals surface area contributed by atoms with Gasteiger partial charge in [-0.25, -0.2) is 4.79 Å². The second-order valence-electron chi connectivity index (χ2n) is 5.86. The Balaban J connectivity index is 1.72. The van der Waals surface area contributed by atoms with E-state index in [1.807, 2.05) is 0 Å². The number of esters is 1. The van der Waals surface area contributed by atoms with Crippen LogP contribution in [0.3, 0.4) is 0 Å². The molecule has 0 aliphatic rings. The summed E-state index contributed by atoms with van der Waals surface area (Å²) in [6.07, 6.45) is 1.76. The predicted molar refractivity (Wildman–Crippen MR) is 109 cm³/mol. The highest BCUT2D eigenvalue weighted by Crippen LogP contribution is 2.22. The minimum atomic E-state index is -0.454. The Bertz CT molecular complexity index is 1030. The molecule has 3 aromatic carbocycles. The van der Waals surface area contributed by atoms with Crippen molar-refractivity contribution in [1.82, 2.24) is 0 Å². The van der Waals surface area contributed by atoms with Gasteiger partial charge in [0.2, 0.25) is 0 Å². The lowest BCUT2D eigenvalue weighted by atomic mass is 10.0. The van der Waals surface area contributed by atoms with E-state index in [1.54, 1.807) is 86.0 Å². The molecule has 5 heteroatoms. The van der Waals surface area contributed by atoms with Crippen LogP contribution in [0, 0.1) is 11.3 Å². The smallest absolute Gasteiger partial charge is 0.343 e. The monoisotopic (exact) mass is 389 g/mol. The van der Waals surface area contributed by atoms with Crippen molar-refractivity contribution in [3.8, 4) is 17.6 Å². The summed E-state index contributed by atoms with van der Waals surface area (Å²) >= 11 is 5.89. The van der Waals surface area contributed by atoms with Gasteiger partial charge in [0.05, 0.1) is 24.3 Å².